The van der Waals surface area contributed by atoms with E-state index >= 15 is 0 Å². The Morgan fingerprint density at radius 2 is 2.36 bits per heavy atom. The standard InChI is InChI=1S/C10H13NO3/c1-3-10(12)8-4-6-9(7-5-8)11-14-13-2/h4-6H,3,7H2,1-2H3. The van der Waals surface area contributed by atoms with Gasteiger partial charge in [-0.05, 0) is 17.3 Å². The van der Waals surface area contributed by atoms with Crippen molar-refractivity contribution in [1.29, 1.82) is 0 Å². The number of hydrogen-bond acceptors (Lipinski definition) is 4. The number of oxime groups is 1. The number of rotatable bonds is 4. The van der Waals surface area contributed by atoms with Crippen LogP contribution in [-0.2, 0) is 14.7 Å². The summed E-state index contributed by atoms with van der Waals surface area (Å²) in [5.74, 6) is 0.146. The largest absolute Gasteiger partial charge is 0.294 e. The van der Waals surface area contributed by atoms with E-state index in [0.717, 1.165) is 11.3 Å². The van der Waals surface area contributed by atoms with Crippen LogP contribution in [0.3, 0.4) is 0 Å². The van der Waals surface area contributed by atoms with Gasteiger partial charge in [-0.3, -0.25) is 4.79 Å². The number of carbonyl (C=O) groups is 1. The summed E-state index contributed by atoms with van der Waals surface area (Å²) in [6.45, 7) is 1.84. The average Bonchev–Trinajstić information content (AvgIpc) is 2.26. The van der Waals surface area contributed by atoms with Gasteiger partial charge in [-0.1, -0.05) is 13.0 Å². The molecule has 0 bridgehead atoms. The van der Waals surface area contributed by atoms with Gasteiger partial charge in [-0.25, -0.2) is 4.99 Å². The first-order chi connectivity index (χ1) is 6.77. The van der Waals surface area contributed by atoms with Crippen LogP contribution in [0.1, 0.15) is 19.8 Å². The van der Waals surface area contributed by atoms with Crippen molar-refractivity contribution in [3.8, 4) is 0 Å². The van der Waals surface area contributed by atoms with Crippen LogP contribution >= 0.6 is 0 Å². The zero-order chi connectivity index (χ0) is 10.4. The van der Waals surface area contributed by atoms with Crippen molar-refractivity contribution >= 4 is 11.5 Å². The summed E-state index contributed by atoms with van der Waals surface area (Å²) in [4.78, 5) is 20.0. The molecule has 0 fully saturated rings. The first kappa shape index (κ1) is 10.7. The van der Waals surface area contributed by atoms with Crippen molar-refractivity contribution < 1.29 is 14.7 Å². The molecule has 0 aromatic carbocycles. The van der Waals surface area contributed by atoms with Crippen molar-refractivity contribution in [2.75, 3.05) is 7.11 Å². The van der Waals surface area contributed by atoms with Crippen LogP contribution in [0.2, 0.25) is 0 Å². The van der Waals surface area contributed by atoms with Crippen molar-refractivity contribution in [1.82, 2.24) is 0 Å². The molecule has 0 heterocycles. The number of nitrogens with zero attached hydrogens (tertiary/aromatic N) is 1. The number of allylic oxidation sites excluding steroid dienone is 4. The van der Waals surface area contributed by atoms with E-state index in [-0.39, 0.29) is 5.78 Å². The molecule has 4 heteroatoms. The molecule has 0 unspecified atom stereocenters. The molecule has 0 atom stereocenters. The second-order valence-electron chi connectivity index (χ2n) is 2.80. The van der Waals surface area contributed by atoms with E-state index in [9.17, 15) is 4.79 Å². The first-order valence-electron chi connectivity index (χ1n) is 4.46. The van der Waals surface area contributed by atoms with E-state index in [2.05, 4.69) is 15.0 Å². The predicted molar refractivity (Wildman–Crippen MR) is 52.7 cm³/mol. The van der Waals surface area contributed by atoms with Gasteiger partial charge in [-0.2, -0.15) is 4.89 Å². The molecule has 0 aromatic rings. The van der Waals surface area contributed by atoms with Crippen molar-refractivity contribution in [2.45, 2.75) is 19.8 Å². The summed E-state index contributed by atoms with van der Waals surface area (Å²) in [6, 6.07) is 0. The fourth-order valence-electron chi connectivity index (χ4n) is 1.10. The van der Waals surface area contributed by atoms with Crippen LogP contribution < -0.4 is 0 Å². The Labute approximate surface area is 82.8 Å². The maximum absolute atomic E-state index is 11.3. The second-order valence-corrected chi connectivity index (χ2v) is 2.80. The minimum absolute atomic E-state index is 0.146. The summed E-state index contributed by atoms with van der Waals surface area (Å²) in [6.07, 6.45) is 6.46. The summed E-state index contributed by atoms with van der Waals surface area (Å²) in [5.41, 5.74) is 1.48. The molecule has 1 rings (SSSR count). The quantitative estimate of drug-likeness (QED) is 0.507. The third-order valence-electron chi connectivity index (χ3n) is 1.86. The lowest BCUT2D eigenvalue weighted by molar-refractivity contribution is -0.273. The van der Waals surface area contributed by atoms with Crippen molar-refractivity contribution in [3.63, 3.8) is 0 Å². The van der Waals surface area contributed by atoms with Crippen LogP contribution in [-0.4, -0.2) is 18.6 Å². The third-order valence-corrected chi connectivity index (χ3v) is 1.86. The van der Waals surface area contributed by atoms with Gasteiger partial charge in [0.1, 0.15) is 0 Å². The number of Topliss-reactive ketones (excluding diaryl/α,β-unsaturated/α-hetero) is 1. The lowest BCUT2D eigenvalue weighted by Gasteiger charge is -2.05. The van der Waals surface area contributed by atoms with Crippen molar-refractivity contribution in [3.05, 3.63) is 23.8 Å². The Morgan fingerprint density at radius 3 is 2.86 bits per heavy atom. The predicted octanol–water partition coefficient (Wildman–Crippen LogP) is 1.79. The zero-order valence-corrected chi connectivity index (χ0v) is 8.32. The Bertz CT molecular complexity index is 302. The highest BCUT2D eigenvalue weighted by Crippen LogP contribution is 2.11. The lowest BCUT2D eigenvalue weighted by atomic mass is 10.0. The molecule has 14 heavy (non-hydrogen) atoms. The van der Waals surface area contributed by atoms with Crippen LogP contribution in [0.4, 0.5) is 0 Å². The summed E-state index contributed by atoms with van der Waals surface area (Å²) in [7, 11) is 1.39. The molecule has 0 saturated heterocycles. The molecule has 0 radical (unpaired) electrons. The van der Waals surface area contributed by atoms with E-state index in [1.165, 1.54) is 7.11 Å². The molecule has 0 aromatic heterocycles. The van der Waals surface area contributed by atoms with Gasteiger partial charge >= 0.3 is 0 Å². The van der Waals surface area contributed by atoms with Gasteiger partial charge in [0.25, 0.3) is 0 Å². The monoisotopic (exact) mass is 195 g/mol. The molecule has 0 spiro atoms. The van der Waals surface area contributed by atoms with Crippen LogP contribution in [0.15, 0.2) is 29.0 Å². The van der Waals surface area contributed by atoms with Crippen LogP contribution in [0.25, 0.3) is 0 Å². The normalized spacial score (nSPS) is 18.1. The molecule has 1 aliphatic rings. The molecular formula is C10H13NO3. The summed E-state index contributed by atoms with van der Waals surface area (Å²) in [5, 5.41) is 3.67. The van der Waals surface area contributed by atoms with E-state index in [1.807, 2.05) is 13.0 Å². The van der Waals surface area contributed by atoms with Crippen LogP contribution in [0.5, 0.6) is 0 Å². The third kappa shape index (κ3) is 2.81. The van der Waals surface area contributed by atoms with E-state index in [0.29, 0.717) is 12.8 Å². The highest BCUT2D eigenvalue weighted by molar-refractivity contribution is 6.04. The Morgan fingerprint density at radius 1 is 1.57 bits per heavy atom. The maximum atomic E-state index is 11.3. The Balaban J connectivity index is 2.57. The van der Waals surface area contributed by atoms with Gasteiger partial charge < -0.3 is 0 Å². The Hall–Kier alpha value is -1.42. The van der Waals surface area contributed by atoms with Crippen molar-refractivity contribution in [2.24, 2.45) is 5.16 Å². The summed E-state index contributed by atoms with van der Waals surface area (Å²) >= 11 is 0. The summed E-state index contributed by atoms with van der Waals surface area (Å²) < 4.78 is 0. The molecule has 1 aliphatic carbocycles. The molecule has 4 nitrogen and oxygen atoms in total. The molecule has 0 aliphatic heterocycles. The molecule has 0 saturated carbocycles. The van der Waals surface area contributed by atoms with E-state index in [4.69, 9.17) is 0 Å². The maximum Gasteiger partial charge on any atom is 0.162 e. The Kier molecular flexibility index (Phi) is 4.07. The average molecular weight is 195 g/mol. The smallest absolute Gasteiger partial charge is 0.162 e. The highest BCUT2D eigenvalue weighted by Gasteiger charge is 2.08. The lowest BCUT2D eigenvalue weighted by Crippen LogP contribution is -2.05. The minimum atomic E-state index is 0.146. The molecule has 0 amide bonds. The van der Waals surface area contributed by atoms with E-state index < -0.39 is 0 Å². The fourth-order valence-corrected chi connectivity index (χ4v) is 1.10. The molecular weight excluding hydrogens is 182 g/mol. The zero-order valence-electron chi connectivity index (χ0n) is 8.32. The molecule has 76 valence electrons. The molecule has 0 N–H and O–H groups in total. The SMILES string of the molecule is CCC(=O)C1=CCC(=NOOC)C=C1. The fraction of sp³-hybridized carbons (Fsp3) is 0.400. The van der Waals surface area contributed by atoms with Gasteiger partial charge in [0, 0.05) is 18.4 Å². The first-order valence-corrected chi connectivity index (χ1v) is 4.46. The van der Waals surface area contributed by atoms with Gasteiger partial charge in [-0.15, -0.1) is 0 Å². The second kappa shape index (κ2) is 5.34. The van der Waals surface area contributed by atoms with Gasteiger partial charge in [0.2, 0.25) is 0 Å². The van der Waals surface area contributed by atoms with Gasteiger partial charge in [0.15, 0.2) is 5.78 Å². The van der Waals surface area contributed by atoms with Crippen LogP contribution in [0, 0.1) is 0 Å². The van der Waals surface area contributed by atoms with Gasteiger partial charge in [0.05, 0.1) is 12.8 Å². The number of carbonyl (C=O) groups excluding carboxylic acids is 1. The topological polar surface area (TPSA) is 47.9 Å². The number of ketones is 1. The highest BCUT2D eigenvalue weighted by atomic mass is 17.3. The van der Waals surface area contributed by atoms with E-state index in [1.54, 1.807) is 12.2 Å². The number of hydrogen-bond donors (Lipinski definition) is 0. The minimum Gasteiger partial charge on any atom is -0.294 e.